The van der Waals surface area contributed by atoms with E-state index in [1.165, 1.54) is 5.56 Å². The molecule has 0 spiro atoms. The van der Waals surface area contributed by atoms with Gasteiger partial charge >= 0.3 is 0 Å². The predicted octanol–water partition coefficient (Wildman–Crippen LogP) is 2.46. The third-order valence-electron chi connectivity index (χ3n) is 3.96. The molecule has 5 heteroatoms. The van der Waals surface area contributed by atoms with Crippen LogP contribution in [0, 0.1) is 0 Å². The highest BCUT2D eigenvalue weighted by atomic mass is 16.5. The molecule has 1 saturated heterocycles. The van der Waals surface area contributed by atoms with Crippen molar-refractivity contribution in [3.63, 3.8) is 0 Å². The number of benzene rings is 1. The van der Waals surface area contributed by atoms with Gasteiger partial charge < -0.3 is 19.5 Å². The molecule has 1 aromatic carbocycles. The minimum Gasteiger partial charge on any atom is -0.493 e. The highest BCUT2D eigenvalue weighted by Crippen LogP contribution is 2.28. The Morgan fingerprint density at radius 1 is 1.29 bits per heavy atom. The lowest BCUT2D eigenvalue weighted by Crippen LogP contribution is -2.37. The van der Waals surface area contributed by atoms with E-state index in [9.17, 15) is 0 Å². The van der Waals surface area contributed by atoms with Crippen LogP contribution in [-0.4, -0.2) is 58.0 Å². The lowest BCUT2D eigenvalue weighted by atomic mass is 10.2. The fourth-order valence-corrected chi connectivity index (χ4v) is 2.63. The van der Waals surface area contributed by atoms with Crippen molar-refractivity contribution in [1.82, 2.24) is 10.2 Å². The molecule has 1 aliphatic rings. The summed E-state index contributed by atoms with van der Waals surface area (Å²) in [5.74, 6) is 1.53. The molecule has 1 N–H and O–H groups in total. The van der Waals surface area contributed by atoms with Crippen LogP contribution in [0.3, 0.4) is 0 Å². The Morgan fingerprint density at radius 2 is 2.08 bits per heavy atom. The average molecular weight is 334 g/mol. The van der Waals surface area contributed by atoms with E-state index in [4.69, 9.17) is 14.2 Å². The summed E-state index contributed by atoms with van der Waals surface area (Å²) < 4.78 is 16.5. The van der Waals surface area contributed by atoms with E-state index in [0.29, 0.717) is 6.61 Å². The van der Waals surface area contributed by atoms with E-state index in [1.54, 1.807) is 7.11 Å². The molecule has 0 aliphatic carbocycles. The van der Waals surface area contributed by atoms with E-state index in [-0.39, 0.29) is 0 Å². The molecule has 1 aromatic rings. The molecular formula is C19H30N2O3. The number of ether oxygens (including phenoxy) is 3. The molecule has 1 aliphatic heterocycles. The van der Waals surface area contributed by atoms with Crippen LogP contribution in [0.15, 0.2) is 30.4 Å². The highest BCUT2D eigenvalue weighted by molar-refractivity contribution is 5.43. The third kappa shape index (κ3) is 6.51. The first kappa shape index (κ1) is 18.8. The van der Waals surface area contributed by atoms with Gasteiger partial charge in [-0.2, -0.15) is 0 Å². The smallest absolute Gasteiger partial charge is 0.161 e. The standard InChI is InChI=1S/C19H30N2O3/c1-16(2)15-24-19-13-17(5-6-18(19)22-3)14-20-7-4-8-21-9-11-23-12-10-21/h5-6,13,20H,1,4,7-12,14-15H2,2-3H3. The lowest BCUT2D eigenvalue weighted by molar-refractivity contribution is 0.0374. The third-order valence-corrected chi connectivity index (χ3v) is 3.96. The molecule has 1 fully saturated rings. The van der Waals surface area contributed by atoms with Crippen molar-refractivity contribution in [3.8, 4) is 11.5 Å². The van der Waals surface area contributed by atoms with Crippen LogP contribution < -0.4 is 14.8 Å². The average Bonchev–Trinajstić information content (AvgIpc) is 2.60. The summed E-state index contributed by atoms with van der Waals surface area (Å²) in [5.41, 5.74) is 2.18. The van der Waals surface area contributed by atoms with Gasteiger partial charge in [0.1, 0.15) is 6.61 Å². The van der Waals surface area contributed by atoms with Gasteiger partial charge in [-0.3, -0.25) is 4.90 Å². The van der Waals surface area contributed by atoms with Gasteiger partial charge in [0.05, 0.1) is 20.3 Å². The molecule has 2 rings (SSSR count). The number of hydrogen-bond donors (Lipinski definition) is 1. The fourth-order valence-electron chi connectivity index (χ4n) is 2.63. The first-order chi connectivity index (χ1) is 11.7. The minimum atomic E-state index is 0.507. The van der Waals surface area contributed by atoms with Crippen molar-refractivity contribution >= 4 is 0 Å². The van der Waals surface area contributed by atoms with E-state index < -0.39 is 0 Å². The van der Waals surface area contributed by atoms with Crippen LogP contribution in [0.2, 0.25) is 0 Å². The summed E-state index contributed by atoms with van der Waals surface area (Å²) >= 11 is 0. The van der Waals surface area contributed by atoms with Gasteiger partial charge in [-0.1, -0.05) is 12.6 Å². The minimum absolute atomic E-state index is 0.507. The molecule has 134 valence electrons. The van der Waals surface area contributed by atoms with Gasteiger partial charge in [0, 0.05) is 19.6 Å². The molecule has 5 nitrogen and oxygen atoms in total. The molecule has 0 unspecified atom stereocenters. The molecule has 0 bridgehead atoms. The predicted molar refractivity (Wildman–Crippen MR) is 96.9 cm³/mol. The summed E-state index contributed by atoms with van der Waals surface area (Å²) in [7, 11) is 1.66. The quantitative estimate of drug-likeness (QED) is 0.526. The van der Waals surface area contributed by atoms with Crippen molar-refractivity contribution in [2.45, 2.75) is 19.9 Å². The maximum absolute atomic E-state index is 5.77. The summed E-state index contributed by atoms with van der Waals surface area (Å²) in [4.78, 5) is 2.46. The zero-order valence-electron chi connectivity index (χ0n) is 15.0. The Labute approximate surface area is 145 Å². The second-order valence-electron chi connectivity index (χ2n) is 6.22. The number of morpholine rings is 1. The topological polar surface area (TPSA) is 43.0 Å². The Morgan fingerprint density at radius 3 is 2.79 bits per heavy atom. The maximum atomic E-state index is 5.77. The summed E-state index contributed by atoms with van der Waals surface area (Å²) in [5, 5.41) is 3.50. The Bertz CT molecular complexity index is 513. The van der Waals surface area contributed by atoms with Crippen LogP contribution in [-0.2, 0) is 11.3 Å². The molecule has 1 heterocycles. The second kappa shape index (κ2) is 10.3. The van der Waals surface area contributed by atoms with Crippen LogP contribution >= 0.6 is 0 Å². The molecule has 24 heavy (non-hydrogen) atoms. The van der Waals surface area contributed by atoms with E-state index in [0.717, 1.165) is 69.4 Å². The number of nitrogens with one attached hydrogen (secondary N) is 1. The monoisotopic (exact) mass is 334 g/mol. The van der Waals surface area contributed by atoms with Gasteiger partial charge in [-0.25, -0.2) is 0 Å². The number of hydrogen-bond acceptors (Lipinski definition) is 5. The van der Waals surface area contributed by atoms with Crippen LogP contribution in [0.1, 0.15) is 18.9 Å². The van der Waals surface area contributed by atoms with Crippen LogP contribution in [0.25, 0.3) is 0 Å². The highest BCUT2D eigenvalue weighted by Gasteiger charge is 2.09. The van der Waals surface area contributed by atoms with Gasteiger partial charge in [0.25, 0.3) is 0 Å². The van der Waals surface area contributed by atoms with E-state index in [2.05, 4.69) is 22.9 Å². The fraction of sp³-hybridized carbons (Fsp3) is 0.579. The van der Waals surface area contributed by atoms with E-state index in [1.807, 2.05) is 19.1 Å². The molecule has 0 aromatic heterocycles. The molecular weight excluding hydrogens is 304 g/mol. The number of methoxy groups -OCH3 is 1. The van der Waals surface area contributed by atoms with Gasteiger partial charge in [-0.05, 0) is 49.7 Å². The van der Waals surface area contributed by atoms with Crippen LogP contribution in [0.5, 0.6) is 11.5 Å². The summed E-state index contributed by atoms with van der Waals surface area (Å²) in [6.45, 7) is 13.1. The largest absolute Gasteiger partial charge is 0.493 e. The molecule has 0 saturated carbocycles. The first-order valence-corrected chi connectivity index (χ1v) is 8.64. The maximum Gasteiger partial charge on any atom is 0.161 e. The summed E-state index contributed by atoms with van der Waals surface area (Å²) in [6.07, 6.45) is 1.15. The zero-order valence-corrected chi connectivity index (χ0v) is 15.0. The van der Waals surface area contributed by atoms with Crippen molar-refractivity contribution in [3.05, 3.63) is 35.9 Å². The van der Waals surface area contributed by atoms with Gasteiger partial charge in [-0.15, -0.1) is 0 Å². The first-order valence-electron chi connectivity index (χ1n) is 8.64. The summed E-state index contributed by atoms with van der Waals surface area (Å²) in [6, 6.07) is 6.07. The second-order valence-corrected chi connectivity index (χ2v) is 6.22. The zero-order chi connectivity index (χ0) is 17.2. The van der Waals surface area contributed by atoms with Gasteiger partial charge in [0.2, 0.25) is 0 Å². The lowest BCUT2D eigenvalue weighted by Gasteiger charge is -2.26. The van der Waals surface area contributed by atoms with E-state index >= 15 is 0 Å². The van der Waals surface area contributed by atoms with Crippen molar-refractivity contribution in [2.75, 3.05) is 53.1 Å². The number of rotatable bonds is 10. The molecule has 0 amide bonds. The Balaban J connectivity index is 1.73. The number of nitrogens with zero attached hydrogens (tertiary/aromatic N) is 1. The molecule has 0 atom stereocenters. The Kier molecular flexibility index (Phi) is 8.08. The van der Waals surface area contributed by atoms with Gasteiger partial charge in [0.15, 0.2) is 11.5 Å². The Hall–Kier alpha value is -1.56. The van der Waals surface area contributed by atoms with Crippen molar-refractivity contribution in [2.24, 2.45) is 0 Å². The van der Waals surface area contributed by atoms with Crippen LogP contribution in [0.4, 0.5) is 0 Å². The normalized spacial score (nSPS) is 15.2. The molecule has 0 radical (unpaired) electrons. The van der Waals surface area contributed by atoms with Crippen molar-refractivity contribution in [1.29, 1.82) is 0 Å². The van der Waals surface area contributed by atoms with Crippen molar-refractivity contribution < 1.29 is 14.2 Å². The SMILES string of the molecule is C=C(C)COc1cc(CNCCCN2CCOCC2)ccc1OC.